The lowest BCUT2D eigenvalue weighted by Crippen LogP contribution is -2.33. The van der Waals surface area contributed by atoms with E-state index in [4.69, 9.17) is 19.2 Å². The molecule has 9 heteroatoms. The Balaban J connectivity index is 0.00000306. The number of aromatic nitrogens is 2. The van der Waals surface area contributed by atoms with Gasteiger partial charge in [-0.25, -0.2) is 4.98 Å². The molecule has 2 N–H and O–H groups in total. The van der Waals surface area contributed by atoms with Gasteiger partial charge in [-0.05, 0) is 62.2 Å². The van der Waals surface area contributed by atoms with Crippen LogP contribution < -0.4 is 24.8 Å². The third kappa shape index (κ3) is 7.55. The number of halogens is 1. The molecule has 0 spiro atoms. The van der Waals surface area contributed by atoms with Gasteiger partial charge < -0.3 is 29.4 Å². The van der Waals surface area contributed by atoms with Crippen molar-refractivity contribution in [2.24, 2.45) is 4.99 Å². The number of nitrogens with one attached hydrogen (secondary N) is 2. The van der Waals surface area contributed by atoms with Gasteiger partial charge in [-0.3, -0.25) is 4.99 Å². The van der Waals surface area contributed by atoms with Crippen molar-refractivity contribution in [3.63, 3.8) is 0 Å². The van der Waals surface area contributed by atoms with Crippen molar-refractivity contribution in [3.05, 3.63) is 66.7 Å². The van der Waals surface area contributed by atoms with E-state index < -0.39 is 0 Å². The van der Waals surface area contributed by atoms with E-state index in [0.717, 1.165) is 54.0 Å². The van der Waals surface area contributed by atoms with Gasteiger partial charge in [0.25, 0.3) is 0 Å². The number of guanidine groups is 1. The fourth-order valence-electron chi connectivity index (χ4n) is 3.28. The van der Waals surface area contributed by atoms with E-state index in [2.05, 4.69) is 21.7 Å². The van der Waals surface area contributed by atoms with Crippen molar-refractivity contribution in [2.75, 3.05) is 25.2 Å². The second-order valence-electron chi connectivity index (χ2n) is 7.71. The molecular formula is C24H30IN5O3. The third-order valence-corrected chi connectivity index (χ3v) is 4.82. The normalized spacial score (nSPS) is 12.4. The smallest absolute Gasteiger partial charge is 0.231 e. The zero-order chi connectivity index (χ0) is 22.2. The zero-order valence-electron chi connectivity index (χ0n) is 18.9. The van der Waals surface area contributed by atoms with Crippen LogP contribution >= 0.6 is 24.0 Å². The first kappa shape index (κ1) is 24.7. The van der Waals surface area contributed by atoms with Gasteiger partial charge in [0, 0.05) is 37.7 Å². The number of anilines is 1. The van der Waals surface area contributed by atoms with Crippen LogP contribution in [-0.2, 0) is 13.0 Å². The molecule has 1 aliphatic rings. The summed E-state index contributed by atoms with van der Waals surface area (Å²) >= 11 is 0. The minimum atomic E-state index is 0. The lowest BCUT2D eigenvalue weighted by Gasteiger charge is -2.14. The second-order valence-corrected chi connectivity index (χ2v) is 7.71. The number of nitrogens with zero attached hydrogens (tertiary/aromatic N) is 3. The Labute approximate surface area is 211 Å². The molecule has 0 amide bonds. The molecule has 0 aliphatic carbocycles. The van der Waals surface area contributed by atoms with Crippen LogP contribution in [0.3, 0.4) is 0 Å². The van der Waals surface area contributed by atoms with Gasteiger partial charge in [-0.15, -0.1) is 24.0 Å². The Hall–Kier alpha value is -2.95. The largest absolute Gasteiger partial charge is 0.491 e. The monoisotopic (exact) mass is 563 g/mol. The van der Waals surface area contributed by atoms with E-state index in [-0.39, 0.29) is 36.9 Å². The Bertz CT molecular complexity index is 1020. The zero-order valence-corrected chi connectivity index (χ0v) is 21.2. The topological polar surface area (TPSA) is 81.9 Å². The molecule has 0 saturated heterocycles. The van der Waals surface area contributed by atoms with E-state index >= 15 is 0 Å². The minimum absolute atomic E-state index is 0. The number of fused-ring (bicyclic) bond motifs is 1. The molecule has 0 atom stereocenters. The highest BCUT2D eigenvalue weighted by Crippen LogP contribution is 2.32. The Morgan fingerprint density at radius 1 is 1.15 bits per heavy atom. The lowest BCUT2D eigenvalue weighted by molar-refractivity contribution is 0.174. The molecule has 1 aromatic heterocycles. The van der Waals surface area contributed by atoms with Crippen LogP contribution in [0.25, 0.3) is 0 Å². The molecular weight excluding hydrogens is 533 g/mol. The summed E-state index contributed by atoms with van der Waals surface area (Å²) in [5.41, 5.74) is 2.10. The van der Waals surface area contributed by atoms with Crippen molar-refractivity contribution >= 4 is 35.6 Å². The third-order valence-electron chi connectivity index (χ3n) is 4.82. The van der Waals surface area contributed by atoms with Gasteiger partial charge in [0.15, 0.2) is 17.5 Å². The van der Waals surface area contributed by atoms with Gasteiger partial charge >= 0.3 is 0 Å². The highest BCUT2D eigenvalue weighted by molar-refractivity contribution is 14.0. The standard InChI is InChI=1S/C24H29N5O3.HI/c1-18(2)32-21-6-4-20(5-7-21)28-24(27-12-14-29-13-11-25-16-29)26-10-9-19-3-8-22-23(15-19)31-17-30-22;/h3-8,11,13,15-16,18H,9-10,12,14,17H2,1-2H3,(H2,26,27,28);1H. The van der Waals surface area contributed by atoms with Gasteiger partial charge in [-0.1, -0.05) is 6.07 Å². The SMILES string of the molecule is CC(C)Oc1ccc(NC(=NCCc2ccc3c(c2)OCO3)NCCn2ccnc2)cc1.I. The van der Waals surface area contributed by atoms with Crippen molar-refractivity contribution in [2.45, 2.75) is 32.9 Å². The molecule has 0 fully saturated rings. The maximum Gasteiger partial charge on any atom is 0.231 e. The summed E-state index contributed by atoms with van der Waals surface area (Å²) in [6, 6.07) is 13.9. The average molecular weight is 563 g/mol. The molecule has 3 aromatic rings. The van der Waals surface area contributed by atoms with Crippen molar-refractivity contribution in [1.82, 2.24) is 14.9 Å². The molecule has 0 saturated carbocycles. The molecule has 0 unspecified atom stereocenters. The number of benzene rings is 2. The molecule has 0 radical (unpaired) electrons. The second kappa shape index (κ2) is 12.3. The lowest BCUT2D eigenvalue weighted by atomic mass is 10.1. The van der Waals surface area contributed by atoms with Gasteiger partial charge in [0.2, 0.25) is 6.79 Å². The maximum absolute atomic E-state index is 5.72. The molecule has 33 heavy (non-hydrogen) atoms. The molecule has 4 rings (SSSR count). The molecule has 0 bridgehead atoms. The van der Waals surface area contributed by atoms with Crippen LogP contribution in [0.1, 0.15) is 19.4 Å². The molecule has 8 nitrogen and oxygen atoms in total. The molecule has 2 heterocycles. The van der Waals surface area contributed by atoms with E-state index in [1.807, 2.05) is 61.0 Å². The number of aliphatic imine (C=N–C) groups is 1. The average Bonchev–Trinajstić information content (AvgIpc) is 3.46. The van der Waals surface area contributed by atoms with Crippen molar-refractivity contribution in [1.29, 1.82) is 0 Å². The van der Waals surface area contributed by atoms with Crippen LogP contribution in [-0.4, -0.2) is 41.5 Å². The van der Waals surface area contributed by atoms with Crippen LogP contribution in [0.15, 0.2) is 66.2 Å². The first-order valence-electron chi connectivity index (χ1n) is 10.8. The van der Waals surface area contributed by atoms with Crippen LogP contribution in [0, 0.1) is 0 Å². The summed E-state index contributed by atoms with van der Waals surface area (Å²) in [6.07, 6.45) is 6.47. The number of imidazole rings is 1. The summed E-state index contributed by atoms with van der Waals surface area (Å²) in [5.74, 6) is 3.17. The quantitative estimate of drug-likeness (QED) is 0.230. The van der Waals surface area contributed by atoms with Crippen LogP contribution in [0.5, 0.6) is 17.2 Å². The van der Waals surface area contributed by atoms with Crippen molar-refractivity contribution in [3.8, 4) is 17.2 Å². The van der Waals surface area contributed by atoms with Crippen LogP contribution in [0.2, 0.25) is 0 Å². The summed E-state index contributed by atoms with van der Waals surface area (Å²) in [4.78, 5) is 8.85. The van der Waals surface area contributed by atoms with E-state index in [1.165, 1.54) is 0 Å². The van der Waals surface area contributed by atoms with E-state index in [9.17, 15) is 0 Å². The first-order chi connectivity index (χ1) is 15.7. The summed E-state index contributed by atoms with van der Waals surface area (Å²) in [5, 5.41) is 6.78. The van der Waals surface area contributed by atoms with Crippen molar-refractivity contribution < 1.29 is 14.2 Å². The fraction of sp³-hybridized carbons (Fsp3) is 0.333. The molecule has 1 aliphatic heterocycles. The number of hydrogen-bond acceptors (Lipinski definition) is 5. The van der Waals surface area contributed by atoms with Gasteiger partial charge in [0.1, 0.15) is 5.75 Å². The van der Waals surface area contributed by atoms with Gasteiger partial charge in [0.05, 0.1) is 12.4 Å². The summed E-state index contributed by atoms with van der Waals surface area (Å²) in [7, 11) is 0. The Morgan fingerprint density at radius 3 is 2.73 bits per heavy atom. The van der Waals surface area contributed by atoms with Crippen LogP contribution in [0.4, 0.5) is 5.69 Å². The predicted molar refractivity (Wildman–Crippen MR) is 140 cm³/mol. The fourth-order valence-corrected chi connectivity index (χ4v) is 3.28. The minimum Gasteiger partial charge on any atom is -0.491 e. The maximum atomic E-state index is 5.72. The summed E-state index contributed by atoms with van der Waals surface area (Å²) in [6.45, 7) is 6.47. The number of ether oxygens (including phenoxy) is 3. The highest BCUT2D eigenvalue weighted by Gasteiger charge is 2.13. The Kier molecular flexibility index (Phi) is 9.23. The number of rotatable bonds is 9. The number of hydrogen-bond donors (Lipinski definition) is 2. The van der Waals surface area contributed by atoms with Gasteiger partial charge in [-0.2, -0.15) is 0 Å². The molecule has 176 valence electrons. The summed E-state index contributed by atoms with van der Waals surface area (Å²) < 4.78 is 18.6. The van der Waals surface area contributed by atoms with E-state index in [0.29, 0.717) is 6.54 Å². The Morgan fingerprint density at radius 2 is 1.97 bits per heavy atom. The predicted octanol–water partition coefficient (Wildman–Crippen LogP) is 4.32. The van der Waals surface area contributed by atoms with E-state index in [1.54, 1.807) is 12.5 Å². The highest BCUT2D eigenvalue weighted by atomic mass is 127. The first-order valence-corrected chi connectivity index (χ1v) is 10.8. The molecule has 2 aromatic carbocycles.